The second-order valence-electron chi connectivity index (χ2n) is 4.09. The number of hydrogen-bond donors (Lipinski definition) is 0. The third-order valence-electron chi connectivity index (χ3n) is 2.44. The Kier molecular flexibility index (Phi) is 13.2. The number of hydrogen-bond acceptors (Lipinski definition) is 3. The zero-order valence-corrected chi connectivity index (χ0v) is 11.7. The van der Waals surface area contributed by atoms with Crippen molar-refractivity contribution >= 4 is 12.3 Å². The fourth-order valence-electron chi connectivity index (χ4n) is 1.42. The van der Waals surface area contributed by atoms with Gasteiger partial charge in [-0.05, 0) is 25.7 Å². The lowest BCUT2D eigenvalue weighted by Crippen LogP contribution is -2.02. The predicted molar refractivity (Wildman–Crippen MR) is 77.8 cm³/mol. The Labute approximate surface area is 116 Å². The summed E-state index contributed by atoms with van der Waals surface area (Å²) in [7, 11) is 0. The van der Waals surface area contributed by atoms with Gasteiger partial charge >= 0.3 is 0 Å². The maximum atomic E-state index is 11.3. The van der Waals surface area contributed by atoms with E-state index < -0.39 is 0 Å². The molecule has 0 radical (unpaired) electrons. The van der Waals surface area contributed by atoms with Gasteiger partial charge in [0.2, 0.25) is 0 Å². The van der Waals surface area contributed by atoms with Crippen LogP contribution in [0.1, 0.15) is 45.4 Å². The molecule has 0 amide bonds. The number of rotatable bonds is 12. The van der Waals surface area contributed by atoms with Crippen LogP contribution >= 0.6 is 0 Å². The van der Waals surface area contributed by atoms with Gasteiger partial charge in [0.05, 0.1) is 6.61 Å². The first-order valence-corrected chi connectivity index (χ1v) is 6.83. The highest BCUT2D eigenvalue weighted by molar-refractivity contribution is 5.78. The molecule has 3 heteroatoms. The van der Waals surface area contributed by atoms with Crippen molar-refractivity contribution < 1.29 is 14.3 Å². The third kappa shape index (κ3) is 14.3. The minimum Gasteiger partial charge on any atom is -0.467 e. The van der Waals surface area contributed by atoms with Crippen LogP contribution in [0, 0.1) is 0 Å². The van der Waals surface area contributed by atoms with Crippen LogP contribution in [-0.2, 0) is 14.3 Å². The van der Waals surface area contributed by atoms with Crippen LogP contribution in [0.4, 0.5) is 0 Å². The highest BCUT2D eigenvalue weighted by atomic mass is 16.5. The van der Waals surface area contributed by atoms with Crippen LogP contribution in [0.2, 0.25) is 0 Å². The maximum absolute atomic E-state index is 11.3. The maximum Gasteiger partial charge on any atom is 0.293 e. The largest absolute Gasteiger partial charge is 0.467 e. The van der Waals surface area contributed by atoms with Crippen LogP contribution in [0.5, 0.6) is 0 Å². The van der Waals surface area contributed by atoms with Crippen LogP contribution in [0.15, 0.2) is 36.5 Å². The van der Waals surface area contributed by atoms with Gasteiger partial charge in [0.1, 0.15) is 5.78 Å². The molecule has 0 atom stereocenters. The van der Waals surface area contributed by atoms with E-state index in [9.17, 15) is 9.59 Å². The predicted octanol–water partition coefficient (Wildman–Crippen LogP) is 3.76. The summed E-state index contributed by atoms with van der Waals surface area (Å²) >= 11 is 0. The van der Waals surface area contributed by atoms with Crippen molar-refractivity contribution in [2.24, 2.45) is 0 Å². The Morgan fingerprint density at radius 3 is 2.21 bits per heavy atom. The summed E-state index contributed by atoms with van der Waals surface area (Å²) in [5, 5.41) is 0. The van der Waals surface area contributed by atoms with Crippen LogP contribution in [0.25, 0.3) is 0 Å². The van der Waals surface area contributed by atoms with Crippen molar-refractivity contribution in [2.45, 2.75) is 45.4 Å². The molecule has 3 nitrogen and oxygen atoms in total. The number of allylic oxidation sites excluding steroid dienone is 6. The normalized spacial score (nSPS) is 11.6. The summed E-state index contributed by atoms with van der Waals surface area (Å²) in [6.07, 6.45) is 17.2. The Hall–Kier alpha value is -1.64. The highest BCUT2D eigenvalue weighted by Crippen LogP contribution is 1.99. The molecule has 0 bridgehead atoms. The van der Waals surface area contributed by atoms with Crippen molar-refractivity contribution in [3.8, 4) is 0 Å². The lowest BCUT2D eigenvalue weighted by atomic mass is 10.1. The molecule has 0 aromatic carbocycles. The summed E-state index contributed by atoms with van der Waals surface area (Å²) in [5.74, 6) is 0.131. The number of ether oxygens (including phenoxy) is 1. The van der Waals surface area contributed by atoms with Gasteiger partial charge in [-0.25, -0.2) is 0 Å². The van der Waals surface area contributed by atoms with Crippen molar-refractivity contribution in [2.75, 3.05) is 6.61 Å². The van der Waals surface area contributed by atoms with E-state index in [1.54, 1.807) is 0 Å². The first kappa shape index (κ1) is 17.4. The molecule has 0 unspecified atom stereocenters. The van der Waals surface area contributed by atoms with E-state index in [2.05, 4.69) is 42.0 Å². The van der Waals surface area contributed by atoms with Gasteiger partial charge in [0, 0.05) is 12.8 Å². The first-order valence-electron chi connectivity index (χ1n) is 6.83. The minimum atomic E-state index is 0.131. The van der Waals surface area contributed by atoms with Crippen molar-refractivity contribution in [1.82, 2.24) is 0 Å². The standard InChI is InChI=1S/C16H24O3/c1-2-3-4-5-6-7-8-9-10-11-12-16(18)13-14-19-15-17/h3-4,6-7,9-10,15H,2,5,8,11-14H2,1H3/b4-3-,7-6-,10-9-. The van der Waals surface area contributed by atoms with Crippen LogP contribution < -0.4 is 0 Å². The third-order valence-corrected chi connectivity index (χ3v) is 2.44. The number of Topliss-reactive ketones (excluding diaryl/α,β-unsaturated/α-hetero) is 1. The number of carbonyl (C=O) groups is 2. The van der Waals surface area contributed by atoms with Gasteiger partial charge in [-0.1, -0.05) is 43.4 Å². The van der Waals surface area contributed by atoms with Gasteiger partial charge in [-0.3, -0.25) is 9.59 Å². The molecule has 0 heterocycles. The smallest absolute Gasteiger partial charge is 0.293 e. The van der Waals surface area contributed by atoms with Crippen molar-refractivity contribution in [1.29, 1.82) is 0 Å². The molecule has 0 aliphatic heterocycles. The summed E-state index contributed by atoms with van der Waals surface area (Å²) in [6, 6.07) is 0. The molecule has 0 aromatic rings. The van der Waals surface area contributed by atoms with Gasteiger partial charge in [-0.15, -0.1) is 0 Å². The molecule has 0 fully saturated rings. The quantitative estimate of drug-likeness (QED) is 0.306. The second-order valence-corrected chi connectivity index (χ2v) is 4.09. The lowest BCUT2D eigenvalue weighted by Gasteiger charge is -1.97. The molecule has 0 aromatic heterocycles. The average molecular weight is 264 g/mol. The zero-order chi connectivity index (χ0) is 14.2. The second kappa shape index (κ2) is 14.4. The van der Waals surface area contributed by atoms with Gasteiger partial charge in [0.25, 0.3) is 6.47 Å². The van der Waals surface area contributed by atoms with E-state index >= 15 is 0 Å². The van der Waals surface area contributed by atoms with E-state index in [1.807, 2.05) is 6.08 Å². The fraction of sp³-hybridized carbons (Fsp3) is 0.500. The summed E-state index contributed by atoms with van der Waals surface area (Å²) in [4.78, 5) is 21.2. The molecule has 0 N–H and O–H groups in total. The van der Waals surface area contributed by atoms with Crippen molar-refractivity contribution in [3.05, 3.63) is 36.5 Å². The van der Waals surface area contributed by atoms with E-state index in [-0.39, 0.29) is 12.4 Å². The monoisotopic (exact) mass is 264 g/mol. The Morgan fingerprint density at radius 2 is 1.58 bits per heavy atom. The molecule has 0 rings (SSSR count). The molecular weight excluding hydrogens is 240 g/mol. The van der Waals surface area contributed by atoms with Crippen molar-refractivity contribution in [3.63, 3.8) is 0 Å². The molecule has 19 heavy (non-hydrogen) atoms. The Morgan fingerprint density at radius 1 is 0.947 bits per heavy atom. The summed E-state index contributed by atoms with van der Waals surface area (Å²) < 4.78 is 4.47. The molecule has 0 aliphatic carbocycles. The summed E-state index contributed by atoms with van der Waals surface area (Å²) in [5.41, 5.74) is 0. The fourth-order valence-corrected chi connectivity index (χ4v) is 1.42. The Bertz CT molecular complexity index is 314. The molecule has 0 saturated carbocycles. The minimum absolute atomic E-state index is 0.131. The number of carbonyl (C=O) groups excluding carboxylic acids is 2. The average Bonchev–Trinajstić information content (AvgIpc) is 2.41. The lowest BCUT2D eigenvalue weighted by molar-refractivity contribution is -0.130. The van der Waals surface area contributed by atoms with Gasteiger partial charge in [-0.2, -0.15) is 0 Å². The summed E-state index contributed by atoms with van der Waals surface area (Å²) in [6.45, 7) is 2.69. The van der Waals surface area contributed by atoms with Crippen LogP contribution in [-0.4, -0.2) is 18.9 Å². The van der Waals surface area contributed by atoms with E-state index in [4.69, 9.17) is 0 Å². The van der Waals surface area contributed by atoms with Crippen LogP contribution in [0.3, 0.4) is 0 Å². The zero-order valence-electron chi connectivity index (χ0n) is 11.7. The van der Waals surface area contributed by atoms with E-state index in [0.717, 1.165) is 25.7 Å². The topological polar surface area (TPSA) is 43.4 Å². The molecule has 0 spiro atoms. The Balaban J connectivity index is 3.45. The SMILES string of the molecule is CC/C=C\C/C=C\C/C=C\CCC(=O)CCOC=O. The van der Waals surface area contributed by atoms with Gasteiger partial charge in [0.15, 0.2) is 0 Å². The molecular formula is C16H24O3. The molecule has 0 aliphatic rings. The van der Waals surface area contributed by atoms with Gasteiger partial charge < -0.3 is 4.74 Å². The van der Waals surface area contributed by atoms with E-state index in [1.165, 1.54) is 0 Å². The molecule has 106 valence electrons. The molecule has 0 saturated heterocycles. The number of ketones is 1. The van der Waals surface area contributed by atoms with E-state index in [0.29, 0.717) is 19.3 Å². The first-order chi connectivity index (χ1) is 9.31. The highest BCUT2D eigenvalue weighted by Gasteiger charge is 1.99.